The highest BCUT2D eigenvalue weighted by molar-refractivity contribution is 7.26. The standard InChI is InChI=1S/C21H14S2/c1-13-6-9-19(22-13)16-7-8-17-18-10-14-4-2-3-5-15(14)11-21(18)23-20(17)12-16/h2-12H,1H3. The summed E-state index contributed by atoms with van der Waals surface area (Å²) >= 11 is 3.76. The molecule has 3 aromatic carbocycles. The number of aryl methyl sites for hydroxylation is 1. The second kappa shape index (κ2) is 4.92. The molecule has 110 valence electrons. The fourth-order valence-corrected chi connectivity index (χ4v) is 5.24. The van der Waals surface area contributed by atoms with Crippen molar-refractivity contribution < 1.29 is 0 Å². The summed E-state index contributed by atoms with van der Waals surface area (Å²) in [7, 11) is 0. The summed E-state index contributed by atoms with van der Waals surface area (Å²) < 4.78 is 2.75. The lowest BCUT2D eigenvalue weighted by Gasteiger charge is -1.99. The van der Waals surface area contributed by atoms with Crippen LogP contribution in [0.1, 0.15) is 4.88 Å². The van der Waals surface area contributed by atoms with Crippen LogP contribution in [-0.2, 0) is 0 Å². The van der Waals surface area contributed by atoms with E-state index in [1.54, 1.807) is 0 Å². The number of thiophene rings is 2. The Hall–Kier alpha value is -2.16. The van der Waals surface area contributed by atoms with Gasteiger partial charge in [0.1, 0.15) is 0 Å². The van der Waals surface area contributed by atoms with E-state index in [2.05, 4.69) is 73.7 Å². The topological polar surface area (TPSA) is 0 Å². The molecule has 0 aliphatic heterocycles. The van der Waals surface area contributed by atoms with Crippen molar-refractivity contribution in [3.63, 3.8) is 0 Å². The third-order valence-electron chi connectivity index (χ3n) is 4.36. The number of fused-ring (bicyclic) bond motifs is 4. The first-order valence-electron chi connectivity index (χ1n) is 7.70. The predicted octanol–water partition coefficient (Wildman–Crippen LogP) is 7.24. The van der Waals surface area contributed by atoms with Gasteiger partial charge in [0.05, 0.1) is 0 Å². The van der Waals surface area contributed by atoms with Crippen LogP contribution in [0.5, 0.6) is 0 Å². The van der Waals surface area contributed by atoms with E-state index in [1.165, 1.54) is 46.3 Å². The van der Waals surface area contributed by atoms with Gasteiger partial charge in [0.2, 0.25) is 0 Å². The molecule has 0 unspecified atom stereocenters. The lowest BCUT2D eigenvalue weighted by Crippen LogP contribution is -1.73. The average molecular weight is 330 g/mol. The Labute approximate surface area is 142 Å². The van der Waals surface area contributed by atoms with Crippen LogP contribution in [0.4, 0.5) is 0 Å². The molecule has 0 saturated heterocycles. The van der Waals surface area contributed by atoms with Gasteiger partial charge in [0.25, 0.3) is 0 Å². The SMILES string of the molecule is Cc1ccc(-c2ccc3c(c2)sc2cc4ccccc4cc23)s1. The van der Waals surface area contributed by atoms with Crippen molar-refractivity contribution in [3.05, 3.63) is 71.6 Å². The van der Waals surface area contributed by atoms with Gasteiger partial charge in [0, 0.05) is 29.9 Å². The zero-order valence-electron chi connectivity index (χ0n) is 12.7. The smallest absolute Gasteiger partial charge is 0.0361 e. The minimum absolute atomic E-state index is 1.32. The molecule has 0 nitrogen and oxygen atoms in total. The van der Waals surface area contributed by atoms with E-state index in [4.69, 9.17) is 0 Å². The quantitative estimate of drug-likeness (QED) is 0.304. The van der Waals surface area contributed by atoms with Gasteiger partial charge in [-0.25, -0.2) is 0 Å². The summed E-state index contributed by atoms with van der Waals surface area (Å²) in [5.41, 5.74) is 1.33. The number of benzene rings is 3. The molecule has 0 radical (unpaired) electrons. The van der Waals surface area contributed by atoms with Crippen LogP contribution in [0.3, 0.4) is 0 Å². The van der Waals surface area contributed by atoms with Crippen molar-refractivity contribution in [3.8, 4) is 10.4 Å². The Kier molecular flexibility index (Phi) is 2.84. The Morgan fingerprint density at radius 3 is 2.22 bits per heavy atom. The second-order valence-electron chi connectivity index (χ2n) is 5.92. The van der Waals surface area contributed by atoms with Crippen LogP contribution >= 0.6 is 22.7 Å². The zero-order valence-corrected chi connectivity index (χ0v) is 14.3. The van der Waals surface area contributed by atoms with E-state index < -0.39 is 0 Å². The summed E-state index contributed by atoms with van der Waals surface area (Å²) in [4.78, 5) is 2.72. The van der Waals surface area contributed by atoms with E-state index in [-0.39, 0.29) is 0 Å². The molecular formula is C21H14S2. The van der Waals surface area contributed by atoms with Gasteiger partial charge < -0.3 is 0 Å². The highest BCUT2D eigenvalue weighted by Gasteiger charge is 2.09. The van der Waals surface area contributed by atoms with Crippen molar-refractivity contribution in [2.75, 3.05) is 0 Å². The van der Waals surface area contributed by atoms with Crippen molar-refractivity contribution in [2.45, 2.75) is 6.92 Å². The van der Waals surface area contributed by atoms with Crippen LogP contribution in [-0.4, -0.2) is 0 Å². The lowest BCUT2D eigenvalue weighted by molar-refractivity contribution is 1.64. The van der Waals surface area contributed by atoms with Gasteiger partial charge in [-0.05, 0) is 53.6 Å². The first-order chi connectivity index (χ1) is 11.3. The molecule has 23 heavy (non-hydrogen) atoms. The van der Waals surface area contributed by atoms with Crippen LogP contribution < -0.4 is 0 Å². The molecule has 0 aliphatic carbocycles. The van der Waals surface area contributed by atoms with Gasteiger partial charge in [-0.1, -0.05) is 36.4 Å². The molecule has 2 heterocycles. The molecule has 2 heteroatoms. The van der Waals surface area contributed by atoms with E-state index in [9.17, 15) is 0 Å². The van der Waals surface area contributed by atoms with Crippen molar-refractivity contribution in [2.24, 2.45) is 0 Å². The minimum Gasteiger partial charge on any atom is -0.141 e. The Morgan fingerprint density at radius 1 is 0.652 bits per heavy atom. The maximum Gasteiger partial charge on any atom is 0.0361 e. The Balaban J connectivity index is 1.80. The molecule has 0 N–H and O–H groups in total. The third kappa shape index (κ3) is 2.10. The average Bonchev–Trinajstić information content (AvgIpc) is 3.15. The normalized spacial score (nSPS) is 11.7. The molecule has 0 saturated carbocycles. The van der Waals surface area contributed by atoms with Gasteiger partial charge in [-0.15, -0.1) is 22.7 Å². The van der Waals surface area contributed by atoms with Crippen LogP contribution in [0.2, 0.25) is 0 Å². The fourth-order valence-electron chi connectivity index (χ4n) is 3.21. The molecule has 0 spiro atoms. The van der Waals surface area contributed by atoms with Crippen LogP contribution in [0, 0.1) is 6.92 Å². The first kappa shape index (κ1) is 13.3. The summed E-state index contributed by atoms with van der Waals surface area (Å²) in [5, 5.41) is 5.38. The summed E-state index contributed by atoms with van der Waals surface area (Å²) in [6.07, 6.45) is 0. The van der Waals surface area contributed by atoms with E-state index >= 15 is 0 Å². The Bertz CT molecular complexity index is 1170. The fraction of sp³-hybridized carbons (Fsp3) is 0.0476. The van der Waals surface area contributed by atoms with Gasteiger partial charge >= 0.3 is 0 Å². The maximum atomic E-state index is 2.34. The molecule has 0 bridgehead atoms. The summed E-state index contributed by atoms with van der Waals surface area (Å²) in [5.74, 6) is 0. The molecule has 0 amide bonds. The zero-order chi connectivity index (χ0) is 15.4. The van der Waals surface area contributed by atoms with E-state index in [1.807, 2.05) is 22.7 Å². The lowest BCUT2D eigenvalue weighted by atomic mass is 10.1. The molecule has 0 aliphatic rings. The van der Waals surface area contributed by atoms with Crippen molar-refractivity contribution >= 4 is 53.6 Å². The molecular weight excluding hydrogens is 316 g/mol. The minimum atomic E-state index is 1.32. The number of rotatable bonds is 1. The summed E-state index contributed by atoms with van der Waals surface area (Å²) in [6, 6.07) is 24.6. The third-order valence-corrected chi connectivity index (χ3v) is 6.53. The van der Waals surface area contributed by atoms with Crippen LogP contribution in [0.25, 0.3) is 41.4 Å². The second-order valence-corrected chi connectivity index (χ2v) is 8.29. The largest absolute Gasteiger partial charge is 0.141 e. The van der Waals surface area contributed by atoms with Gasteiger partial charge in [-0.2, -0.15) is 0 Å². The highest BCUT2D eigenvalue weighted by Crippen LogP contribution is 2.39. The molecule has 0 fully saturated rings. The summed E-state index contributed by atoms with van der Waals surface area (Å²) in [6.45, 7) is 2.16. The maximum absolute atomic E-state index is 2.34. The van der Waals surface area contributed by atoms with Gasteiger partial charge in [0.15, 0.2) is 0 Å². The highest BCUT2D eigenvalue weighted by atomic mass is 32.1. The molecule has 5 rings (SSSR count). The number of hydrogen-bond donors (Lipinski definition) is 0. The number of hydrogen-bond acceptors (Lipinski definition) is 2. The predicted molar refractivity (Wildman–Crippen MR) is 105 cm³/mol. The monoisotopic (exact) mass is 330 g/mol. The van der Waals surface area contributed by atoms with Crippen molar-refractivity contribution in [1.29, 1.82) is 0 Å². The Morgan fingerprint density at radius 2 is 1.43 bits per heavy atom. The van der Waals surface area contributed by atoms with E-state index in [0.29, 0.717) is 0 Å². The molecule has 2 aromatic heterocycles. The van der Waals surface area contributed by atoms with Gasteiger partial charge in [-0.3, -0.25) is 0 Å². The molecule has 5 aromatic rings. The van der Waals surface area contributed by atoms with Crippen LogP contribution in [0.15, 0.2) is 66.7 Å². The first-order valence-corrected chi connectivity index (χ1v) is 9.33. The van der Waals surface area contributed by atoms with Crippen molar-refractivity contribution in [1.82, 2.24) is 0 Å². The molecule has 0 atom stereocenters. The van der Waals surface area contributed by atoms with E-state index in [0.717, 1.165) is 0 Å².